The second kappa shape index (κ2) is 9.93. The van der Waals surface area contributed by atoms with Crippen LogP contribution in [0.2, 0.25) is 5.02 Å². The molecule has 1 fully saturated rings. The van der Waals surface area contributed by atoms with Crippen molar-refractivity contribution in [2.24, 2.45) is 0 Å². The predicted molar refractivity (Wildman–Crippen MR) is 108 cm³/mol. The molecule has 29 heavy (non-hydrogen) atoms. The summed E-state index contributed by atoms with van der Waals surface area (Å²) in [6, 6.07) is 9.05. The molecule has 1 aromatic carbocycles. The summed E-state index contributed by atoms with van der Waals surface area (Å²) in [4.78, 5) is 0. The maximum Gasteiger partial charge on any atom is 0.113 e. The number of aliphatic hydroxyl groups is 4. The third kappa shape index (κ3) is 5.12. The van der Waals surface area contributed by atoms with Gasteiger partial charge in [-0.05, 0) is 42.2 Å². The summed E-state index contributed by atoms with van der Waals surface area (Å²) in [5, 5.41) is 48.8. The van der Waals surface area contributed by atoms with Gasteiger partial charge in [0.25, 0.3) is 0 Å². The van der Waals surface area contributed by atoms with E-state index in [2.05, 4.69) is 17.1 Å². The maximum absolute atomic E-state index is 10.4. The monoisotopic (exact) mass is 422 g/mol. The molecule has 4 N–H and O–H groups in total. The maximum atomic E-state index is 10.4. The Morgan fingerprint density at radius 3 is 2.38 bits per heavy atom. The van der Waals surface area contributed by atoms with Gasteiger partial charge >= 0.3 is 0 Å². The lowest BCUT2D eigenvalue weighted by Gasteiger charge is -2.40. The zero-order chi connectivity index (χ0) is 21.0. The zero-order valence-corrected chi connectivity index (χ0v) is 17.0. The van der Waals surface area contributed by atoms with E-state index in [-0.39, 0.29) is 0 Å². The van der Waals surface area contributed by atoms with Gasteiger partial charge < -0.3 is 25.2 Å². The Morgan fingerprint density at radius 2 is 1.72 bits per heavy atom. The molecular weight excluding hydrogens is 396 g/mol. The van der Waals surface area contributed by atoms with Crippen molar-refractivity contribution in [1.82, 2.24) is 10.2 Å². The fourth-order valence-corrected chi connectivity index (χ4v) is 3.64. The summed E-state index contributed by atoms with van der Waals surface area (Å²) in [6.07, 6.45) is -2.48. The quantitative estimate of drug-likeness (QED) is 0.535. The van der Waals surface area contributed by atoms with E-state index in [1.165, 1.54) is 0 Å². The van der Waals surface area contributed by atoms with E-state index in [9.17, 15) is 20.4 Å². The summed E-state index contributed by atoms with van der Waals surface area (Å²) in [7, 11) is 0. The minimum atomic E-state index is -1.42. The van der Waals surface area contributed by atoms with Gasteiger partial charge in [-0.25, -0.2) is 0 Å². The predicted octanol–water partition coefficient (Wildman–Crippen LogP) is 1.58. The van der Waals surface area contributed by atoms with Gasteiger partial charge in [-0.2, -0.15) is 10.2 Å². The molecule has 0 spiro atoms. The number of benzene rings is 1. The summed E-state index contributed by atoms with van der Waals surface area (Å²) in [5.74, 6) is 0. The molecule has 1 aromatic heterocycles. The number of rotatable bonds is 7. The number of aryl methyl sites for hydroxylation is 1. The fourth-order valence-electron chi connectivity index (χ4n) is 3.45. The second-order valence-corrected chi connectivity index (χ2v) is 7.80. The van der Waals surface area contributed by atoms with Crippen LogP contribution in [0.1, 0.15) is 48.4 Å². The van der Waals surface area contributed by atoms with Gasteiger partial charge in [0, 0.05) is 11.4 Å². The number of unbranched alkanes of at least 4 members (excludes halogenated alkanes) is 1. The molecule has 0 amide bonds. The van der Waals surface area contributed by atoms with E-state index in [0.29, 0.717) is 17.0 Å². The molecule has 1 saturated heterocycles. The molecule has 1 aliphatic heterocycles. The van der Waals surface area contributed by atoms with Crippen LogP contribution in [-0.4, -0.2) is 61.6 Å². The van der Waals surface area contributed by atoms with Gasteiger partial charge in [0.15, 0.2) is 0 Å². The number of hydrogen-bond donors (Lipinski definition) is 4. The molecule has 2 heterocycles. The Labute approximate surface area is 174 Å². The first-order valence-corrected chi connectivity index (χ1v) is 10.2. The van der Waals surface area contributed by atoms with Crippen LogP contribution in [0.5, 0.6) is 0 Å². The minimum absolute atomic E-state index is 0.450. The van der Waals surface area contributed by atoms with Gasteiger partial charge in [-0.15, -0.1) is 0 Å². The van der Waals surface area contributed by atoms with Crippen LogP contribution in [0.4, 0.5) is 0 Å². The van der Waals surface area contributed by atoms with Gasteiger partial charge in [0.1, 0.15) is 30.5 Å². The summed E-state index contributed by atoms with van der Waals surface area (Å²) < 4.78 is 5.63. The zero-order valence-electron chi connectivity index (χ0n) is 16.3. The smallest absolute Gasteiger partial charge is 0.113 e. The number of ether oxygens (including phenoxy) is 1. The lowest BCUT2D eigenvalue weighted by molar-refractivity contribution is -0.231. The molecular formula is C21H27ClN2O5. The Morgan fingerprint density at radius 1 is 1.00 bits per heavy atom. The van der Waals surface area contributed by atoms with Gasteiger partial charge in [-0.3, -0.25) is 0 Å². The van der Waals surface area contributed by atoms with Crippen LogP contribution in [0.25, 0.3) is 0 Å². The van der Waals surface area contributed by atoms with E-state index in [1.54, 1.807) is 18.2 Å². The number of nitrogens with zero attached hydrogens (tertiary/aromatic N) is 2. The van der Waals surface area contributed by atoms with Crippen LogP contribution < -0.4 is 0 Å². The lowest BCUT2D eigenvalue weighted by atomic mass is 9.90. The van der Waals surface area contributed by atoms with Crippen molar-refractivity contribution in [3.05, 3.63) is 57.9 Å². The summed E-state index contributed by atoms with van der Waals surface area (Å²) >= 11 is 6.35. The number of halogens is 1. The number of hydrogen-bond acceptors (Lipinski definition) is 7. The van der Waals surface area contributed by atoms with Crippen molar-refractivity contribution in [2.45, 2.75) is 63.1 Å². The molecule has 0 radical (unpaired) electrons. The minimum Gasteiger partial charge on any atom is -0.394 e. The molecule has 1 unspecified atom stereocenters. The number of aromatic nitrogens is 2. The van der Waals surface area contributed by atoms with Gasteiger partial charge in [-0.1, -0.05) is 37.1 Å². The van der Waals surface area contributed by atoms with Crippen molar-refractivity contribution in [1.29, 1.82) is 0 Å². The van der Waals surface area contributed by atoms with Gasteiger partial charge in [0.05, 0.1) is 18.0 Å². The molecule has 2 aromatic rings. The Bertz CT molecular complexity index is 802. The van der Waals surface area contributed by atoms with E-state index < -0.39 is 37.1 Å². The van der Waals surface area contributed by atoms with Crippen LogP contribution in [-0.2, 0) is 17.6 Å². The molecule has 5 atom stereocenters. The van der Waals surface area contributed by atoms with Crippen molar-refractivity contribution >= 4 is 11.6 Å². The highest BCUT2D eigenvalue weighted by molar-refractivity contribution is 6.31. The third-order valence-electron chi connectivity index (χ3n) is 5.22. The second-order valence-electron chi connectivity index (χ2n) is 7.40. The van der Waals surface area contributed by atoms with Crippen LogP contribution >= 0.6 is 11.6 Å². The summed E-state index contributed by atoms with van der Waals surface area (Å²) in [5.41, 5.74) is 3.08. The fraction of sp³-hybridized carbons (Fsp3) is 0.524. The highest BCUT2D eigenvalue weighted by atomic mass is 35.5. The lowest BCUT2D eigenvalue weighted by Crippen LogP contribution is -2.55. The van der Waals surface area contributed by atoms with Gasteiger partial charge in [0.2, 0.25) is 0 Å². The van der Waals surface area contributed by atoms with Crippen molar-refractivity contribution in [2.75, 3.05) is 6.61 Å². The first kappa shape index (κ1) is 22.1. The first-order valence-electron chi connectivity index (χ1n) is 9.85. The Kier molecular flexibility index (Phi) is 7.56. The molecule has 158 valence electrons. The van der Waals surface area contributed by atoms with E-state index >= 15 is 0 Å². The van der Waals surface area contributed by atoms with Crippen molar-refractivity contribution in [3.63, 3.8) is 0 Å². The SMILES string of the molecule is CCCCc1ccc(Cc2cc([C@@H]3OC(CO)[C@@H](O)[C@H](O)[C@H]3O)ccc2Cl)nn1. The first-order chi connectivity index (χ1) is 13.9. The number of aliphatic hydroxyl groups excluding tert-OH is 4. The Hall–Kier alpha value is -1.61. The van der Waals surface area contributed by atoms with Crippen LogP contribution in [0, 0.1) is 0 Å². The van der Waals surface area contributed by atoms with Crippen molar-refractivity contribution in [3.8, 4) is 0 Å². The molecule has 7 nitrogen and oxygen atoms in total. The van der Waals surface area contributed by atoms with Crippen molar-refractivity contribution < 1.29 is 25.2 Å². The highest BCUT2D eigenvalue weighted by Crippen LogP contribution is 2.34. The standard InChI is InChI=1S/C21H27ClN2O5/c1-2-3-4-14-6-7-15(24-23-14)10-13-9-12(5-8-16(13)22)21-20(28)19(27)18(26)17(11-25)29-21/h5-9,17-21,25-28H,2-4,10-11H2,1H3/t17?,18-,19+,20-,21+/m1/s1. The van der Waals surface area contributed by atoms with E-state index in [0.717, 1.165) is 36.2 Å². The highest BCUT2D eigenvalue weighted by Gasteiger charge is 2.44. The normalized spacial score (nSPS) is 27.2. The molecule has 0 bridgehead atoms. The largest absolute Gasteiger partial charge is 0.394 e. The summed E-state index contributed by atoms with van der Waals surface area (Å²) in [6.45, 7) is 1.66. The van der Waals surface area contributed by atoms with E-state index in [1.807, 2.05) is 12.1 Å². The Balaban J connectivity index is 1.79. The van der Waals surface area contributed by atoms with E-state index in [4.69, 9.17) is 16.3 Å². The molecule has 3 rings (SSSR count). The molecule has 0 aliphatic carbocycles. The average Bonchev–Trinajstić information content (AvgIpc) is 2.73. The molecule has 0 saturated carbocycles. The van der Waals surface area contributed by atoms with Crippen LogP contribution in [0.3, 0.4) is 0 Å². The topological polar surface area (TPSA) is 116 Å². The third-order valence-corrected chi connectivity index (χ3v) is 5.59. The average molecular weight is 423 g/mol. The molecule has 1 aliphatic rings. The van der Waals surface area contributed by atoms with Crippen LogP contribution in [0.15, 0.2) is 30.3 Å². The molecule has 8 heteroatoms.